The number of ketones is 1. The van der Waals surface area contributed by atoms with Crippen molar-refractivity contribution in [3.8, 4) is 23.0 Å². The number of hydrogen-bond donors (Lipinski definition) is 0. The maximum atomic E-state index is 12.3. The van der Waals surface area contributed by atoms with E-state index in [1.54, 1.807) is 13.3 Å². The summed E-state index contributed by atoms with van der Waals surface area (Å²) < 4.78 is 17.9. The molecule has 5 rings (SSSR count). The lowest BCUT2D eigenvalue weighted by atomic mass is 10.00. The third-order valence-electron chi connectivity index (χ3n) is 5.93. The predicted octanol–water partition coefficient (Wildman–Crippen LogP) is 7.36. The van der Waals surface area contributed by atoms with Crippen molar-refractivity contribution in [2.75, 3.05) is 7.11 Å². The Morgan fingerprint density at radius 2 is 1.69 bits per heavy atom. The van der Waals surface area contributed by atoms with E-state index in [-0.39, 0.29) is 5.78 Å². The van der Waals surface area contributed by atoms with Crippen molar-refractivity contribution in [1.82, 2.24) is 4.98 Å². The highest BCUT2D eigenvalue weighted by molar-refractivity contribution is 6.08. The minimum absolute atomic E-state index is 0.127. The number of Topliss-reactive ketones (excluding diaryl/α,β-unsaturated/α-hetero) is 1. The van der Waals surface area contributed by atoms with Crippen molar-refractivity contribution in [1.29, 1.82) is 0 Å². The van der Waals surface area contributed by atoms with Crippen LogP contribution in [0.5, 0.6) is 23.0 Å². The maximum absolute atomic E-state index is 12.3. The van der Waals surface area contributed by atoms with Gasteiger partial charge < -0.3 is 14.2 Å². The third kappa shape index (κ3) is 4.66. The minimum Gasteiger partial charge on any atom is -0.493 e. The fraction of sp³-hybridized carbons (Fsp3) is 0.133. The number of hydrogen-bond acceptors (Lipinski definition) is 5. The van der Waals surface area contributed by atoms with E-state index in [4.69, 9.17) is 14.2 Å². The van der Waals surface area contributed by atoms with Gasteiger partial charge in [0.25, 0.3) is 0 Å². The molecule has 0 saturated heterocycles. The molecule has 0 bridgehead atoms. The van der Waals surface area contributed by atoms with Gasteiger partial charge in [-0.1, -0.05) is 55.5 Å². The van der Waals surface area contributed by atoms with Gasteiger partial charge in [0.2, 0.25) is 0 Å². The van der Waals surface area contributed by atoms with Crippen LogP contribution >= 0.6 is 0 Å². The lowest BCUT2D eigenvalue weighted by molar-refractivity contribution is 0.0989. The van der Waals surface area contributed by atoms with Crippen LogP contribution in [0.15, 0.2) is 91.1 Å². The van der Waals surface area contributed by atoms with Gasteiger partial charge in [-0.15, -0.1) is 0 Å². The van der Waals surface area contributed by atoms with Crippen LogP contribution in [0.1, 0.15) is 29.3 Å². The number of ether oxygens (including phenoxy) is 3. The van der Waals surface area contributed by atoms with Crippen LogP contribution in [0, 0.1) is 0 Å². The first-order valence-corrected chi connectivity index (χ1v) is 11.5. The molecule has 0 N–H and O–H groups in total. The van der Waals surface area contributed by atoms with E-state index in [0.29, 0.717) is 36.0 Å². The Bertz CT molecular complexity index is 1510. The number of pyridine rings is 1. The molecule has 0 aliphatic rings. The normalized spacial score (nSPS) is 10.9. The number of aromatic nitrogens is 1. The summed E-state index contributed by atoms with van der Waals surface area (Å²) >= 11 is 0. The molecule has 5 nitrogen and oxygen atoms in total. The summed E-state index contributed by atoms with van der Waals surface area (Å²) in [6.07, 6.45) is 2.18. The number of carbonyl (C=O) groups excluding carboxylic acids is 1. The topological polar surface area (TPSA) is 57.7 Å². The predicted molar refractivity (Wildman–Crippen MR) is 138 cm³/mol. The second kappa shape index (κ2) is 9.85. The van der Waals surface area contributed by atoms with Crippen LogP contribution in [0.25, 0.3) is 21.7 Å². The molecule has 5 heteroatoms. The summed E-state index contributed by atoms with van der Waals surface area (Å²) in [5.41, 5.74) is 2.54. The molecule has 1 heterocycles. The third-order valence-corrected chi connectivity index (χ3v) is 5.93. The van der Waals surface area contributed by atoms with Gasteiger partial charge in [0.1, 0.15) is 18.1 Å². The summed E-state index contributed by atoms with van der Waals surface area (Å²) in [6.45, 7) is 2.30. The van der Waals surface area contributed by atoms with E-state index in [2.05, 4.69) is 4.98 Å². The first-order chi connectivity index (χ1) is 17.2. The molecule has 0 unspecified atom stereocenters. The Kier molecular flexibility index (Phi) is 6.31. The van der Waals surface area contributed by atoms with Crippen LogP contribution in [0.4, 0.5) is 0 Å². The van der Waals surface area contributed by atoms with Gasteiger partial charge in [0.15, 0.2) is 17.3 Å². The Hall–Kier alpha value is -4.38. The first-order valence-electron chi connectivity index (χ1n) is 11.5. The Morgan fingerprint density at radius 3 is 2.49 bits per heavy atom. The number of nitrogens with zero attached hydrogens (tertiary/aromatic N) is 1. The minimum atomic E-state index is 0.127. The number of rotatable bonds is 8. The highest BCUT2D eigenvalue weighted by atomic mass is 16.5. The molecule has 0 saturated carbocycles. The molecule has 5 aromatic rings. The van der Waals surface area contributed by atoms with Crippen LogP contribution in [0.2, 0.25) is 0 Å². The molecular weight excluding hydrogens is 438 g/mol. The number of benzene rings is 4. The summed E-state index contributed by atoms with van der Waals surface area (Å²) in [5.74, 6) is 2.68. The second-order valence-corrected chi connectivity index (χ2v) is 8.17. The van der Waals surface area contributed by atoms with Crippen molar-refractivity contribution in [3.05, 3.63) is 102 Å². The average molecular weight is 464 g/mol. The Labute approximate surface area is 203 Å². The van der Waals surface area contributed by atoms with E-state index >= 15 is 0 Å². The molecule has 0 radical (unpaired) electrons. The van der Waals surface area contributed by atoms with Gasteiger partial charge in [-0.05, 0) is 46.7 Å². The number of methoxy groups -OCH3 is 1. The van der Waals surface area contributed by atoms with Gasteiger partial charge in [0, 0.05) is 29.6 Å². The molecule has 0 amide bonds. The van der Waals surface area contributed by atoms with Gasteiger partial charge >= 0.3 is 0 Å². The molecule has 0 aliphatic carbocycles. The molecule has 0 atom stereocenters. The molecule has 4 aromatic carbocycles. The fourth-order valence-electron chi connectivity index (χ4n) is 4.11. The lowest BCUT2D eigenvalue weighted by Crippen LogP contribution is -1.98. The summed E-state index contributed by atoms with van der Waals surface area (Å²) in [5, 5.41) is 2.69. The quantitative estimate of drug-likeness (QED) is 0.225. The molecule has 0 spiro atoms. The van der Waals surface area contributed by atoms with Crippen LogP contribution < -0.4 is 14.2 Å². The monoisotopic (exact) mass is 463 g/mol. The standard InChI is InChI=1S/C30H25NO4/c1-3-27(32)24-11-7-10-21-16-22(12-13-23(21)24)35-28-14-15-31-26-18-30(29(33-2)17-25(26)28)34-19-20-8-5-4-6-9-20/h4-18H,3,19H2,1-2H3. The molecule has 0 fully saturated rings. The largest absolute Gasteiger partial charge is 0.493 e. The van der Waals surface area contributed by atoms with Crippen molar-refractivity contribution < 1.29 is 19.0 Å². The van der Waals surface area contributed by atoms with Gasteiger partial charge in [-0.25, -0.2) is 0 Å². The van der Waals surface area contributed by atoms with Crippen LogP contribution in [-0.4, -0.2) is 17.9 Å². The molecule has 174 valence electrons. The lowest BCUT2D eigenvalue weighted by Gasteiger charge is -2.14. The highest BCUT2D eigenvalue weighted by Crippen LogP contribution is 2.38. The van der Waals surface area contributed by atoms with Crippen molar-refractivity contribution in [2.24, 2.45) is 0 Å². The molecule has 35 heavy (non-hydrogen) atoms. The zero-order valence-corrected chi connectivity index (χ0v) is 19.7. The van der Waals surface area contributed by atoms with E-state index in [0.717, 1.165) is 32.8 Å². The zero-order chi connectivity index (χ0) is 24.2. The van der Waals surface area contributed by atoms with Gasteiger partial charge in [-0.3, -0.25) is 9.78 Å². The van der Waals surface area contributed by atoms with Crippen LogP contribution in [-0.2, 0) is 6.61 Å². The van der Waals surface area contributed by atoms with Crippen molar-refractivity contribution in [3.63, 3.8) is 0 Å². The average Bonchev–Trinajstić information content (AvgIpc) is 2.91. The van der Waals surface area contributed by atoms with Crippen LogP contribution in [0.3, 0.4) is 0 Å². The van der Waals surface area contributed by atoms with Gasteiger partial charge in [0.05, 0.1) is 12.6 Å². The van der Waals surface area contributed by atoms with E-state index in [1.807, 2.05) is 91.9 Å². The molecular formula is C30H25NO4. The Balaban J connectivity index is 1.46. The zero-order valence-electron chi connectivity index (χ0n) is 19.7. The number of fused-ring (bicyclic) bond motifs is 2. The second-order valence-electron chi connectivity index (χ2n) is 8.17. The van der Waals surface area contributed by atoms with E-state index in [9.17, 15) is 4.79 Å². The fourth-order valence-corrected chi connectivity index (χ4v) is 4.11. The Morgan fingerprint density at radius 1 is 0.829 bits per heavy atom. The number of carbonyl (C=O) groups is 1. The molecule has 1 aromatic heterocycles. The summed E-state index contributed by atoms with van der Waals surface area (Å²) in [7, 11) is 1.62. The smallest absolute Gasteiger partial charge is 0.163 e. The van der Waals surface area contributed by atoms with E-state index in [1.165, 1.54) is 0 Å². The van der Waals surface area contributed by atoms with E-state index < -0.39 is 0 Å². The van der Waals surface area contributed by atoms with Crippen molar-refractivity contribution in [2.45, 2.75) is 20.0 Å². The highest BCUT2D eigenvalue weighted by Gasteiger charge is 2.13. The van der Waals surface area contributed by atoms with Crippen molar-refractivity contribution >= 4 is 27.5 Å². The maximum Gasteiger partial charge on any atom is 0.163 e. The SMILES string of the molecule is CCC(=O)c1cccc2cc(Oc3ccnc4cc(OCc5ccccc5)c(OC)cc34)ccc12. The van der Waals surface area contributed by atoms with Gasteiger partial charge in [-0.2, -0.15) is 0 Å². The summed E-state index contributed by atoms with van der Waals surface area (Å²) in [4.78, 5) is 16.8. The first kappa shape index (κ1) is 22.4. The molecule has 0 aliphatic heterocycles. The summed E-state index contributed by atoms with van der Waals surface area (Å²) in [6, 6.07) is 27.1.